The fourth-order valence-corrected chi connectivity index (χ4v) is 1.44. The van der Waals surface area contributed by atoms with Crippen LogP contribution in [0.2, 0.25) is 0 Å². The molecule has 0 aliphatic heterocycles. The minimum Gasteiger partial charge on any atom is -0.364 e. The van der Waals surface area contributed by atoms with Crippen molar-refractivity contribution in [3.05, 3.63) is 26.9 Å². The molecule has 1 heterocycles. The molecule has 0 radical (unpaired) electrons. The summed E-state index contributed by atoms with van der Waals surface area (Å²) < 4.78 is 0.605. The summed E-state index contributed by atoms with van der Waals surface area (Å²) in [7, 11) is 0. The third-order valence-corrected chi connectivity index (χ3v) is 2.78. The van der Waals surface area contributed by atoms with E-state index in [1.165, 1.54) is 6.07 Å². The van der Waals surface area contributed by atoms with E-state index in [0.717, 1.165) is 6.42 Å². The van der Waals surface area contributed by atoms with Gasteiger partial charge in [-0.25, -0.2) is 4.98 Å². The lowest BCUT2D eigenvalue weighted by Gasteiger charge is -2.10. The molecule has 1 unspecified atom stereocenters. The molecular weight excluding hydrogens is 274 g/mol. The van der Waals surface area contributed by atoms with Crippen molar-refractivity contribution >= 4 is 27.4 Å². The Labute approximate surface area is 103 Å². The number of nitrogens with zero attached hydrogens (tertiary/aromatic N) is 2. The molecule has 1 N–H and O–H groups in total. The molecule has 1 aromatic rings. The van der Waals surface area contributed by atoms with Gasteiger partial charge in [-0.2, -0.15) is 0 Å². The van der Waals surface area contributed by atoms with Crippen LogP contribution in [0, 0.1) is 16.0 Å². The monoisotopic (exact) mass is 287 g/mol. The molecule has 0 aliphatic rings. The SMILES string of the molecule is CCC(C)CNc1ncc(Br)cc1[N+](=O)[O-]. The summed E-state index contributed by atoms with van der Waals surface area (Å²) >= 11 is 3.16. The minimum absolute atomic E-state index is 0.00215. The number of nitrogens with one attached hydrogen (secondary N) is 1. The summed E-state index contributed by atoms with van der Waals surface area (Å²) in [4.78, 5) is 14.4. The van der Waals surface area contributed by atoms with E-state index < -0.39 is 4.92 Å². The number of halogens is 1. The smallest absolute Gasteiger partial charge is 0.312 e. The molecule has 1 aromatic heterocycles. The molecule has 0 bridgehead atoms. The molecule has 1 atom stereocenters. The Kier molecular flexibility index (Phi) is 4.67. The molecule has 16 heavy (non-hydrogen) atoms. The highest BCUT2D eigenvalue weighted by Gasteiger charge is 2.15. The quantitative estimate of drug-likeness (QED) is 0.667. The number of rotatable bonds is 5. The zero-order chi connectivity index (χ0) is 12.1. The van der Waals surface area contributed by atoms with Crippen molar-refractivity contribution in [1.29, 1.82) is 0 Å². The van der Waals surface area contributed by atoms with Crippen molar-refractivity contribution in [3.63, 3.8) is 0 Å². The summed E-state index contributed by atoms with van der Waals surface area (Å²) in [5, 5.41) is 13.8. The van der Waals surface area contributed by atoms with E-state index in [9.17, 15) is 10.1 Å². The zero-order valence-corrected chi connectivity index (χ0v) is 10.8. The third kappa shape index (κ3) is 3.44. The fourth-order valence-electron chi connectivity index (χ4n) is 1.12. The first-order valence-electron chi connectivity index (χ1n) is 5.08. The number of pyridine rings is 1. The average molecular weight is 288 g/mol. The van der Waals surface area contributed by atoms with Gasteiger partial charge in [-0.3, -0.25) is 10.1 Å². The van der Waals surface area contributed by atoms with Gasteiger partial charge < -0.3 is 5.32 Å². The van der Waals surface area contributed by atoms with Gasteiger partial charge in [-0.15, -0.1) is 0 Å². The van der Waals surface area contributed by atoms with E-state index in [2.05, 4.69) is 40.1 Å². The van der Waals surface area contributed by atoms with Crippen molar-refractivity contribution in [2.24, 2.45) is 5.92 Å². The van der Waals surface area contributed by atoms with E-state index in [-0.39, 0.29) is 5.69 Å². The van der Waals surface area contributed by atoms with E-state index >= 15 is 0 Å². The van der Waals surface area contributed by atoms with Gasteiger partial charge in [-0.1, -0.05) is 20.3 Å². The van der Waals surface area contributed by atoms with E-state index in [0.29, 0.717) is 22.8 Å². The molecule has 88 valence electrons. The second-order valence-corrected chi connectivity index (χ2v) is 4.59. The highest BCUT2D eigenvalue weighted by atomic mass is 79.9. The zero-order valence-electron chi connectivity index (χ0n) is 9.24. The largest absolute Gasteiger partial charge is 0.364 e. The second-order valence-electron chi connectivity index (χ2n) is 3.67. The summed E-state index contributed by atoms with van der Waals surface area (Å²) in [6, 6.07) is 1.45. The molecule has 0 spiro atoms. The Morgan fingerprint density at radius 2 is 2.38 bits per heavy atom. The number of aromatic nitrogens is 1. The number of anilines is 1. The molecule has 1 rings (SSSR count). The predicted molar refractivity (Wildman–Crippen MR) is 66.5 cm³/mol. The number of hydrogen-bond acceptors (Lipinski definition) is 4. The topological polar surface area (TPSA) is 68.1 Å². The summed E-state index contributed by atoms with van der Waals surface area (Å²) in [6.45, 7) is 4.85. The van der Waals surface area contributed by atoms with Crippen LogP contribution in [0.3, 0.4) is 0 Å². The molecule has 0 fully saturated rings. The van der Waals surface area contributed by atoms with Gasteiger partial charge in [0.1, 0.15) is 0 Å². The first-order chi connectivity index (χ1) is 7.54. The van der Waals surface area contributed by atoms with Crippen LogP contribution in [0.4, 0.5) is 11.5 Å². The summed E-state index contributed by atoms with van der Waals surface area (Å²) in [5.41, 5.74) is -0.00215. The summed E-state index contributed by atoms with van der Waals surface area (Å²) in [6.07, 6.45) is 2.57. The molecule has 0 saturated carbocycles. The Balaban J connectivity index is 2.82. The van der Waals surface area contributed by atoms with E-state index in [4.69, 9.17) is 0 Å². The van der Waals surface area contributed by atoms with Crippen molar-refractivity contribution in [2.45, 2.75) is 20.3 Å². The van der Waals surface area contributed by atoms with Gasteiger partial charge in [0.2, 0.25) is 5.82 Å². The summed E-state index contributed by atoms with van der Waals surface area (Å²) in [5.74, 6) is 0.790. The standard InChI is InChI=1S/C10H14BrN3O2/c1-3-7(2)5-12-10-9(14(15)16)4-8(11)6-13-10/h4,6-7H,3,5H2,1-2H3,(H,12,13). The third-order valence-electron chi connectivity index (χ3n) is 2.35. The number of hydrogen-bond donors (Lipinski definition) is 1. The van der Waals surface area contributed by atoms with Gasteiger partial charge in [0.25, 0.3) is 0 Å². The Hall–Kier alpha value is -1.17. The lowest BCUT2D eigenvalue weighted by atomic mass is 10.1. The molecule has 0 saturated heterocycles. The molecule has 0 aromatic carbocycles. The second kappa shape index (κ2) is 5.79. The van der Waals surface area contributed by atoms with Crippen LogP contribution in [0.15, 0.2) is 16.7 Å². The first kappa shape index (κ1) is 12.9. The lowest BCUT2D eigenvalue weighted by Crippen LogP contribution is -2.12. The Morgan fingerprint density at radius 1 is 1.69 bits per heavy atom. The van der Waals surface area contributed by atoms with Crippen LogP contribution in [0.5, 0.6) is 0 Å². The Morgan fingerprint density at radius 3 is 2.94 bits per heavy atom. The van der Waals surface area contributed by atoms with Crippen LogP contribution >= 0.6 is 15.9 Å². The maximum absolute atomic E-state index is 10.8. The van der Waals surface area contributed by atoms with Gasteiger partial charge in [0.05, 0.1) is 4.92 Å². The fraction of sp³-hybridized carbons (Fsp3) is 0.500. The van der Waals surface area contributed by atoms with Crippen molar-refractivity contribution in [1.82, 2.24) is 4.98 Å². The van der Waals surface area contributed by atoms with Gasteiger partial charge >= 0.3 is 5.69 Å². The van der Waals surface area contributed by atoms with E-state index in [1.54, 1.807) is 6.20 Å². The van der Waals surface area contributed by atoms with Gasteiger partial charge in [0, 0.05) is 23.3 Å². The highest BCUT2D eigenvalue weighted by molar-refractivity contribution is 9.10. The van der Waals surface area contributed by atoms with Crippen LogP contribution in [0.1, 0.15) is 20.3 Å². The lowest BCUT2D eigenvalue weighted by molar-refractivity contribution is -0.384. The molecule has 0 amide bonds. The van der Waals surface area contributed by atoms with E-state index in [1.807, 2.05) is 0 Å². The maximum atomic E-state index is 10.8. The van der Waals surface area contributed by atoms with Gasteiger partial charge in [-0.05, 0) is 21.8 Å². The normalized spacial score (nSPS) is 12.2. The first-order valence-corrected chi connectivity index (χ1v) is 5.87. The highest BCUT2D eigenvalue weighted by Crippen LogP contribution is 2.25. The van der Waals surface area contributed by atoms with Crippen LogP contribution in [-0.2, 0) is 0 Å². The van der Waals surface area contributed by atoms with Gasteiger partial charge in [0.15, 0.2) is 0 Å². The van der Waals surface area contributed by atoms with Crippen LogP contribution < -0.4 is 5.32 Å². The Bertz CT molecular complexity index is 384. The number of nitro groups is 1. The molecule has 6 heteroatoms. The molecule has 5 nitrogen and oxygen atoms in total. The van der Waals surface area contributed by atoms with Crippen LogP contribution in [-0.4, -0.2) is 16.5 Å². The average Bonchev–Trinajstić information content (AvgIpc) is 2.26. The van der Waals surface area contributed by atoms with Crippen molar-refractivity contribution in [3.8, 4) is 0 Å². The molecule has 0 aliphatic carbocycles. The van der Waals surface area contributed by atoms with Crippen molar-refractivity contribution < 1.29 is 4.92 Å². The predicted octanol–water partition coefficient (Wildman–Crippen LogP) is 3.21. The molecular formula is C10H14BrN3O2. The minimum atomic E-state index is -0.434. The van der Waals surface area contributed by atoms with Crippen LogP contribution in [0.25, 0.3) is 0 Å². The van der Waals surface area contributed by atoms with Crippen molar-refractivity contribution in [2.75, 3.05) is 11.9 Å². The maximum Gasteiger partial charge on any atom is 0.312 e.